The van der Waals surface area contributed by atoms with Crippen molar-refractivity contribution in [3.05, 3.63) is 59.1 Å². The lowest BCUT2D eigenvalue weighted by Gasteiger charge is -2.31. The first-order valence-corrected chi connectivity index (χ1v) is 11.9. The molecule has 0 radical (unpaired) electrons. The van der Waals surface area contributed by atoms with Crippen LogP contribution < -0.4 is 4.74 Å². The monoisotopic (exact) mass is 463 g/mol. The molecule has 2 aromatic heterocycles. The van der Waals surface area contributed by atoms with Gasteiger partial charge < -0.3 is 14.4 Å². The standard InChI is InChI=1S/C25H26FN5O3/c26-21-4-5-22-19(8-11-34-22)18(21)3-6-23-27-12-20(24-29-28-15-31(23)24)16-2-1-9-30(10-7-16)25(32)17-13-33-14-17/h2,4-5,12,15,17H,1,3,6-11,13-14H2. The van der Waals surface area contributed by atoms with E-state index in [1.165, 1.54) is 6.07 Å². The lowest BCUT2D eigenvalue weighted by molar-refractivity contribution is -0.149. The number of halogens is 1. The van der Waals surface area contributed by atoms with Crippen LogP contribution >= 0.6 is 0 Å². The molecule has 9 heteroatoms. The summed E-state index contributed by atoms with van der Waals surface area (Å²) in [7, 11) is 0. The normalized spacial score (nSPS) is 18.3. The van der Waals surface area contributed by atoms with E-state index in [0.29, 0.717) is 51.3 Å². The van der Waals surface area contributed by atoms with Crippen LogP contribution in [0.15, 0.2) is 30.7 Å². The number of ether oxygens (including phenoxy) is 2. The number of carbonyl (C=O) groups excluding carboxylic acids is 1. The minimum Gasteiger partial charge on any atom is -0.493 e. The van der Waals surface area contributed by atoms with Gasteiger partial charge in [-0.2, -0.15) is 0 Å². The smallest absolute Gasteiger partial charge is 0.230 e. The summed E-state index contributed by atoms with van der Waals surface area (Å²) in [6.07, 6.45) is 9.05. The molecule has 0 saturated carbocycles. The molecule has 1 aromatic carbocycles. The van der Waals surface area contributed by atoms with E-state index in [-0.39, 0.29) is 17.6 Å². The van der Waals surface area contributed by atoms with E-state index >= 15 is 0 Å². The maximum Gasteiger partial charge on any atom is 0.230 e. The number of carbonyl (C=O) groups is 1. The average molecular weight is 464 g/mol. The molecule has 0 aliphatic carbocycles. The average Bonchev–Trinajstić information content (AvgIpc) is 3.42. The highest BCUT2D eigenvalue weighted by Gasteiger charge is 2.31. The number of hydrogen-bond acceptors (Lipinski definition) is 6. The molecule has 0 atom stereocenters. The summed E-state index contributed by atoms with van der Waals surface area (Å²) in [6.45, 7) is 3.04. The number of fused-ring (bicyclic) bond motifs is 2. The Morgan fingerprint density at radius 3 is 2.94 bits per heavy atom. The summed E-state index contributed by atoms with van der Waals surface area (Å²) in [5, 5.41) is 8.49. The Hall–Kier alpha value is -3.33. The Morgan fingerprint density at radius 1 is 1.18 bits per heavy atom. The molecular formula is C25H26FN5O3. The van der Waals surface area contributed by atoms with Gasteiger partial charge in [0.05, 0.1) is 25.7 Å². The number of benzene rings is 1. The van der Waals surface area contributed by atoms with Crippen LogP contribution in [-0.4, -0.2) is 63.3 Å². The van der Waals surface area contributed by atoms with Crippen LogP contribution in [-0.2, 0) is 28.8 Å². The third-order valence-electron chi connectivity index (χ3n) is 7.03. The molecule has 34 heavy (non-hydrogen) atoms. The Morgan fingerprint density at radius 2 is 2.09 bits per heavy atom. The second-order valence-corrected chi connectivity index (χ2v) is 9.04. The fourth-order valence-corrected chi connectivity index (χ4v) is 5.07. The molecule has 0 unspecified atom stereocenters. The second-order valence-electron chi connectivity index (χ2n) is 9.04. The lowest BCUT2D eigenvalue weighted by Crippen LogP contribution is -2.45. The number of aromatic nitrogens is 4. The van der Waals surface area contributed by atoms with Gasteiger partial charge in [0.1, 0.15) is 23.7 Å². The summed E-state index contributed by atoms with van der Waals surface area (Å²) in [5.41, 5.74) is 4.47. The van der Waals surface area contributed by atoms with E-state index in [4.69, 9.17) is 14.5 Å². The molecule has 1 fully saturated rings. The van der Waals surface area contributed by atoms with Gasteiger partial charge in [0.25, 0.3) is 0 Å². The molecule has 5 heterocycles. The molecule has 1 amide bonds. The van der Waals surface area contributed by atoms with Crippen LogP contribution in [0.3, 0.4) is 0 Å². The summed E-state index contributed by atoms with van der Waals surface area (Å²) >= 11 is 0. The Labute approximate surface area is 196 Å². The minimum atomic E-state index is -0.197. The van der Waals surface area contributed by atoms with E-state index in [1.807, 2.05) is 15.5 Å². The minimum absolute atomic E-state index is 0.00736. The van der Waals surface area contributed by atoms with Crippen molar-refractivity contribution in [2.45, 2.75) is 32.1 Å². The third-order valence-corrected chi connectivity index (χ3v) is 7.03. The molecule has 3 aromatic rings. The van der Waals surface area contributed by atoms with E-state index in [0.717, 1.165) is 53.2 Å². The van der Waals surface area contributed by atoms with Crippen LogP contribution in [0, 0.1) is 11.7 Å². The highest BCUT2D eigenvalue weighted by molar-refractivity contribution is 5.81. The number of hydrogen-bond donors (Lipinski definition) is 0. The Kier molecular flexibility index (Phi) is 5.49. The largest absolute Gasteiger partial charge is 0.493 e. The highest BCUT2D eigenvalue weighted by atomic mass is 19.1. The van der Waals surface area contributed by atoms with Gasteiger partial charge in [-0.25, -0.2) is 9.37 Å². The van der Waals surface area contributed by atoms with Gasteiger partial charge in [-0.1, -0.05) is 6.08 Å². The Balaban J connectivity index is 1.21. The van der Waals surface area contributed by atoms with Crippen molar-refractivity contribution in [2.75, 3.05) is 32.9 Å². The van der Waals surface area contributed by atoms with E-state index in [1.54, 1.807) is 12.4 Å². The van der Waals surface area contributed by atoms with Gasteiger partial charge in [0.2, 0.25) is 5.91 Å². The molecule has 6 rings (SSSR count). The Bertz CT molecular complexity index is 1280. The van der Waals surface area contributed by atoms with Crippen LogP contribution in [0.1, 0.15) is 35.4 Å². The first-order valence-electron chi connectivity index (χ1n) is 11.9. The molecule has 176 valence electrons. The third kappa shape index (κ3) is 3.73. The summed E-state index contributed by atoms with van der Waals surface area (Å²) in [5.74, 6) is 1.57. The van der Waals surface area contributed by atoms with Gasteiger partial charge in [-0.15, -0.1) is 10.2 Å². The van der Waals surface area contributed by atoms with Crippen LogP contribution in [0.5, 0.6) is 5.75 Å². The first-order chi connectivity index (χ1) is 16.7. The van der Waals surface area contributed by atoms with E-state index in [9.17, 15) is 9.18 Å². The first kappa shape index (κ1) is 21.2. The summed E-state index contributed by atoms with van der Waals surface area (Å²) in [4.78, 5) is 19.3. The van der Waals surface area contributed by atoms with Crippen LogP contribution in [0.25, 0.3) is 11.2 Å². The quantitative estimate of drug-likeness (QED) is 0.579. The van der Waals surface area contributed by atoms with Crippen LogP contribution in [0.2, 0.25) is 0 Å². The van der Waals surface area contributed by atoms with Gasteiger partial charge in [0, 0.05) is 43.3 Å². The maximum atomic E-state index is 14.6. The SMILES string of the molecule is O=C(C1COC1)N1CCC=C(c2cnc(CCc3c(F)ccc4c3CCO4)n3cnnc23)CC1. The van der Waals surface area contributed by atoms with Crippen molar-refractivity contribution < 1.29 is 18.7 Å². The van der Waals surface area contributed by atoms with Gasteiger partial charge in [-0.3, -0.25) is 9.20 Å². The molecule has 0 bridgehead atoms. The van der Waals surface area contributed by atoms with Crippen LogP contribution in [0.4, 0.5) is 4.39 Å². The van der Waals surface area contributed by atoms with Crippen molar-refractivity contribution in [3.63, 3.8) is 0 Å². The summed E-state index contributed by atoms with van der Waals surface area (Å²) in [6, 6.07) is 3.19. The van der Waals surface area contributed by atoms with Crippen molar-refractivity contribution in [2.24, 2.45) is 5.92 Å². The second kappa shape index (κ2) is 8.79. The topological polar surface area (TPSA) is 81.8 Å². The number of aryl methyl sites for hydroxylation is 1. The lowest BCUT2D eigenvalue weighted by atomic mass is 9.99. The number of amides is 1. The molecule has 3 aliphatic heterocycles. The van der Waals surface area contributed by atoms with Crippen molar-refractivity contribution in [1.82, 2.24) is 24.5 Å². The molecule has 0 N–H and O–H groups in total. The van der Waals surface area contributed by atoms with Crippen molar-refractivity contribution in [1.29, 1.82) is 0 Å². The molecule has 1 saturated heterocycles. The molecule has 3 aliphatic rings. The van der Waals surface area contributed by atoms with Gasteiger partial charge >= 0.3 is 0 Å². The maximum absolute atomic E-state index is 14.6. The van der Waals surface area contributed by atoms with Gasteiger partial charge in [-0.05, 0) is 42.5 Å². The number of nitrogens with zero attached hydrogens (tertiary/aromatic N) is 5. The molecule has 0 spiro atoms. The molecular weight excluding hydrogens is 437 g/mol. The fraction of sp³-hybridized carbons (Fsp3) is 0.440. The zero-order valence-corrected chi connectivity index (χ0v) is 18.9. The van der Waals surface area contributed by atoms with E-state index < -0.39 is 0 Å². The summed E-state index contributed by atoms with van der Waals surface area (Å²) < 4.78 is 27.2. The van der Waals surface area contributed by atoms with Gasteiger partial charge in [0.15, 0.2) is 5.65 Å². The zero-order chi connectivity index (χ0) is 23.1. The number of rotatable bonds is 5. The zero-order valence-electron chi connectivity index (χ0n) is 18.9. The molecule has 8 nitrogen and oxygen atoms in total. The highest BCUT2D eigenvalue weighted by Crippen LogP contribution is 2.31. The van der Waals surface area contributed by atoms with Crippen molar-refractivity contribution >= 4 is 17.1 Å². The predicted octanol–water partition coefficient (Wildman–Crippen LogP) is 2.64. The van der Waals surface area contributed by atoms with E-state index in [2.05, 4.69) is 16.3 Å². The predicted molar refractivity (Wildman–Crippen MR) is 122 cm³/mol. The fourth-order valence-electron chi connectivity index (χ4n) is 5.07. The van der Waals surface area contributed by atoms with Crippen molar-refractivity contribution in [3.8, 4) is 5.75 Å².